The molecule has 1 nitrogen and oxygen atoms in total. The highest BCUT2D eigenvalue weighted by Crippen LogP contribution is 2.51. The summed E-state index contributed by atoms with van der Waals surface area (Å²) >= 11 is 5.35. The molecule has 0 aliphatic heterocycles. The highest BCUT2D eigenvalue weighted by Gasteiger charge is 2.48. The SMILES string of the molecule is NC1(Cc2ccc(Br)s2)CC2CCC1C2. The predicted octanol–water partition coefficient (Wildman–Crippen LogP) is 3.57. The lowest BCUT2D eigenvalue weighted by Gasteiger charge is -2.33. The second kappa shape index (κ2) is 3.57. The van der Waals surface area contributed by atoms with Gasteiger partial charge in [0.1, 0.15) is 0 Å². The van der Waals surface area contributed by atoms with Gasteiger partial charge in [-0.3, -0.25) is 0 Å². The number of halogens is 1. The molecule has 82 valence electrons. The molecule has 0 spiro atoms. The molecule has 2 N–H and O–H groups in total. The summed E-state index contributed by atoms with van der Waals surface area (Å²) in [6.45, 7) is 0. The van der Waals surface area contributed by atoms with Gasteiger partial charge in [-0.25, -0.2) is 0 Å². The van der Waals surface area contributed by atoms with Gasteiger partial charge in [-0.2, -0.15) is 0 Å². The van der Waals surface area contributed by atoms with E-state index in [0.29, 0.717) is 0 Å². The summed E-state index contributed by atoms with van der Waals surface area (Å²) in [5.74, 6) is 1.73. The summed E-state index contributed by atoms with van der Waals surface area (Å²) in [4.78, 5) is 1.44. The molecule has 1 aromatic heterocycles. The van der Waals surface area contributed by atoms with Gasteiger partial charge in [-0.15, -0.1) is 11.3 Å². The third-order valence-electron chi connectivity index (χ3n) is 4.16. The minimum Gasteiger partial charge on any atom is -0.325 e. The average molecular weight is 286 g/mol. The normalized spacial score (nSPS) is 38.8. The van der Waals surface area contributed by atoms with E-state index in [1.807, 2.05) is 11.3 Å². The zero-order valence-electron chi connectivity index (χ0n) is 8.71. The van der Waals surface area contributed by atoms with E-state index in [2.05, 4.69) is 28.1 Å². The van der Waals surface area contributed by atoms with Crippen molar-refractivity contribution in [2.45, 2.75) is 37.6 Å². The van der Waals surface area contributed by atoms with E-state index in [9.17, 15) is 0 Å². The van der Waals surface area contributed by atoms with Crippen molar-refractivity contribution in [1.29, 1.82) is 0 Å². The number of nitrogens with two attached hydrogens (primary N) is 1. The average Bonchev–Trinajstić information content (AvgIpc) is 2.81. The summed E-state index contributed by atoms with van der Waals surface area (Å²) in [7, 11) is 0. The number of rotatable bonds is 2. The molecule has 3 heteroatoms. The van der Waals surface area contributed by atoms with Crippen LogP contribution in [0.15, 0.2) is 15.9 Å². The van der Waals surface area contributed by atoms with Crippen LogP contribution in [0.2, 0.25) is 0 Å². The van der Waals surface area contributed by atoms with E-state index < -0.39 is 0 Å². The summed E-state index contributed by atoms with van der Waals surface area (Å²) < 4.78 is 1.23. The van der Waals surface area contributed by atoms with Gasteiger partial charge in [0, 0.05) is 16.8 Å². The summed E-state index contributed by atoms with van der Waals surface area (Å²) in [6.07, 6.45) is 6.53. The molecule has 2 saturated carbocycles. The fourth-order valence-electron chi connectivity index (χ4n) is 3.47. The summed E-state index contributed by atoms with van der Waals surface area (Å²) in [5, 5.41) is 0. The molecule has 15 heavy (non-hydrogen) atoms. The molecule has 0 saturated heterocycles. The zero-order chi connectivity index (χ0) is 10.5. The third-order valence-corrected chi connectivity index (χ3v) is 5.78. The van der Waals surface area contributed by atoms with Crippen LogP contribution in [-0.4, -0.2) is 5.54 Å². The first-order valence-corrected chi connectivity index (χ1v) is 7.30. The highest BCUT2D eigenvalue weighted by molar-refractivity contribution is 9.11. The molecular weight excluding hydrogens is 270 g/mol. The van der Waals surface area contributed by atoms with Crippen LogP contribution >= 0.6 is 27.3 Å². The van der Waals surface area contributed by atoms with Gasteiger partial charge in [-0.1, -0.05) is 6.42 Å². The van der Waals surface area contributed by atoms with Crippen LogP contribution in [0.5, 0.6) is 0 Å². The second-order valence-corrected chi connectivity index (χ2v) is 7.74. The smallest absolute Gasteiger partial charge is 0.0701 e. The molecule has 3 atom stereocenters. The molecule has 0 radical (unpaired) electrons. The second-order valence-electron chi connectivity index (χ2n) is 5.20. The first-order chi connectivity index (χ1) is 7.16. The van der Waals surface area contributed by atoms with Gasteiger partial charge in [-0.05, 0) is 59.2 Å². The first-order valence-electron chi connectivity index (χ1n) is 5.69. The van der Waals surface area contributed by atoms with Crippen molar-refractivity contribution < 1.29 is 0 Å². The highest BCUT2D eigenvalue weighted by atomic mass is 79.9. The van der Waals surface area contributed by atoms with E-state index in [0.717, 1.165) is 18.3 Å². The molecule has 2 aliphatic carbocycles. The maximum absolute atomic E-state index is 6.58. The van der Waals surface area contributed by atoms with Crippen LogP contribution < -0.4 is 5.73 Å². The topological polar surface area (TPSA) is 26.0 Å². The minimum atomic E-state index is 0.118. The lowest BCUT2D eigenvalue weighted by molar-refractivity contribution is 0.271. The van der Waals surface area contributed by atoms with Crippen molar-refractivity contribution in [1.82, 2.24) is 0 Å². The molecular formula is C12H16BrNS. The van der Waals surface area contributed by atoms with Gasteiger partial charge in [0.05, 0.1) is 3.79 Å². The standard InChI is InChI=1S/C12H16BrNS/c13-11-4-3-10(15-11)7-12(14)6-8-1-2-9(12)5-8/h3-4,8-9H,1-2,5-7,14H2. The lowest BCUT2D eigenvalue weighted by atomic mass is 9.79. The van der Waals surface area contributed by atoms with Crippen molar-refractivity contribution in [3.8, 4) is 0 Å². The van der Waals surface area contributed by atoms with Crippen LogP contribution in [0.3, 0.4) is 0 Å². The molecule has 3 unspecified atom stereocenters. The summed E-state index contributed by atoms with van der Waals surface area (Å²) in [6, 6.07) is 4.35. The molecule has 1 aromatic rings. The number of thiophene rings is 1. The molecule has 3 rings (SSSR count). The van der Waals surface area contributed by atoms with Crippen molar-refractivity contribution in [3.05, 3.63) is 20.8 Å². The molecule has 0 amide bonds. The Morgan fingerprint density at radius 2 is 2.33 bits per heavy atom. The Kier molecular flexibility index (Phi) is 2.45. The Hall–Kier alpha value is 0.140. The largest absolute Gasteiger partial charge is 0.325 e. The fourth-order valence-corrected chi connectivity index (χ4v) is 5.09. The Balaban J connectivity index is 1.77. The molecule has 1 heterocycles. The Morgan fingerprint density at radius 1 is 1.47 bits per heavy atom. The van der Waals surface area contributed by atoms with Gasteiger partial charge in [0.2, 0.25) is 0 Å². The fraction of sp³-hybridized carbons (Fsp3) is 0.667. The Morgan fingerprint density at radius 3 is 2.87 bits per heavy atom. The van der Waals surface area contributed by atoms with E-state index in [-0.39, 0.29) is 5.54 Å². The molecule has 2 bridgehead atoms. The van der Waals surface area contributed by atoms with Crippen molar-refractivity contribution in [2.75, 3.05) is 0 Å². The van der Waals surface area contributed by atoms with Gasteiger partial charge in [0.15, 0.2) is 0 Å². The molecule has 2 fully saturated rings. The minimum absolute atomic E-state index is 0.118. The molecule has 0 aromatic carbocycles. The van der Waals surface area contributed by atoms with Crippen LogP contribution in [0, 0.1) is 11.8 Å². The lowest BCUT2D eigenvalue weighted by Crippen LogP contribution is -2.46. The van der Waals surface area contributed by atoms with E-state index in [1.165, 1.54) is 34.3 Å². The predicted molar refractivity (Wildman–Crippen MR) is 68.1 cm³/mol. The number of hydrogen-bond acceptors (Lipinski definition) is 2. The first kappa shape index (κ1) is 10.3. The number of fused-ring (bicyclic) bond motifs is 2. The van der Waals surface area contributed by atoms with E-state index in [1.54, 1.807) is 0 Å². The Bertz CT molecular complexity index is 375. The number of hydrogen-bond donors (Lipinski definition) is 1. The van der Waals surface area contributed by atoms with Gasteiger partial charge < -0.3 is 5.73 Å². The van der Waals surface area contributed by atoms with Crippen molar-refractivity contribution in [3.63, 3.8) is 0 Å². The third kappa shape index (κ3) is 1.79. The van der Waals surface area contributed by atoms with Crippen LogP contribution in [-0.2, 0) is 6.42 Å². The quantitative estimate of drug-likeness (QED) is 0.883. The Labute approximate surface area is 103 Å². The monoisotopic (exact) mass is 285 g/mol. The van der Waals surface area contributed by atoms with Crippen LogP contribution in [0.4, 0.5) is 0 Å². The van der Waals surface area contributed by atoms with E-state index >= 15 is 0 Å². The van der Waals surface area contributed by atoms with Crippen molar-refractivity contribution >= 4 is 27.3 Å². The van der Waals surface area contributed by atoms with Crippen LogP contribution in [0.25, 0.3) is 0 Å². The zero-order valence-corrected chi connectivity index (χ0v) is 11.1. The molecule has 2 aliphatic rings. The van der Waals surface area contributed by atoms with Gasteiger partial charge in [0.25, 0.3) is 0 Å². The van der Waals surface area contributed by atoms with Crippen molar-refractivity contribution in [2.24, 2.45) is 17.6 Å². The maximum atomic E-state index is 6.58. The van der Waals surface area contributed by atoms with Gasteiger partial charge >= 0.3 is 0 Å². The summed E-state index contributed by atoms with van der Waals surface area (Å²) in [5.41, 5.74) is 6.70. The maximum Gasteiger partial charge on any atom is 0.0701 e. The van der Waals surface area contributed by atoms with E-state index in [4.69, 9.17) is 5.73 Å². The van der Waals surface area contributed by atoms with Crippen LogP contribution in [0.1, 0.15) is 30.6 Å².